The van der Waals surface area contributed by atoms with Gasteiger partial charge in [-0.3, -0.25) is 4.79 Å². The van der Waals surface area contributed by atoms with Crippen LogP contribution in [0.15, 0.2) is 41.7 Å². The highest BCUT2D eigenvalue weighted by Crippen LogP contribution is 2.12. The maximum absolute atomic E-state index is 12.8. The Morgan fingerprint density at radius 3 is 2.74 bits per heavy atom. The summed E-state index contributed by atoms with van der Waals surface area (Å²) < 4.78 is 14.7. The molecule has 0 atom stereocenters. The molecular weight excluding hydrogens is 313 g/mol. The second-order valence-electron chi connectivity index (χ2n) is 3.84. The molecule has 98 valence electrons. The first kappa shape index (κ1) is 13.6. The van der Waals surface area contributed by atoms with Crippen LogP contribution in [-0.4, -0.2) is 20.5 Å². The Labute approximate surface area is 118 Å². The van der Waals surface area contributed by atoms with E-state index in [1.54, 1.807) is 6.08 Å². The van der Waals surface area contributed by atoms with E-state index in [0.29, 0.717) is 23.3 Å². The van der Waals surface area contributed by atoms with Crippen LogP contribution in [-0.2, 0) is 6.54 Å². The van der Waals surface area contributed by atoms with Crippen molar-refractivity contribution in [3.63, 3.8) is 0 Å². The SMILES string of the molecule is C=CCCn1nc(Br)nc1C(=O)c1ccc(F)cc1. The molecule has 0 fully saturated rings. The van der Waals surface area contributed by atoms with Crippen molar-refractivity contribution in [3.8, 4) is 0 Å². The lowest BCUT2D eigenvalue weighted by molar-refractivity contribution is 0.102. The third-order valence-corrected chi connectivity index (χ3v) is 2.84. The summed E-state index contributed by atoms with van der Waals surface area (Å²) in [5.41, 5.74) is 0.376. The normalized spacial score (nSPS) is 10.4. The van der Waals surface area contributed by atoms with E-state index in [2.05, 4.69) is 32.6 Å². The molecule has 6 heteroatoms. The second-order valence-corrected chi connectivity index (χ2v) is 4.55. The Kier molecular flexibility index (Phi) is 4.21. The minimum atomic E-state index is -0.383. The first-order valence-corrected chi connectivity index (χ1v) is 6.42. The summed E-state index contributed by atoms with van der Waals surface area (Å²) in [4.78, 5) is 16.3. The molecule has 1 heterocycles. The van der Waals surface area contributed by atoms with Crippen LogP contribution in [0.5, 0.6) is 0 Å². The highest BCUT2D eigenvalue weighted by Gasteiger charge is 2.18. The van der Waals surface area contributed by atoms with Gasteiger partial charge in [0, 0.05) is 12.1 Å². The fourth-order valence-corrected chi connectivity index (χ4v) is 1.94. The predicted octanol–water partition coefficient (Wildman–Crippen LogP) is 2.99. The monoisotopic (exact) mass is 323 g/mol. The van der Waals surface area contributed by atoms with Crippen molar-refractivity contribution in [3.05, 3.63) is 58.9 Å². The molecule has 0 aliphatic heterocycles. The van der Waals surface area contributed by atoms with Crippen molar-refractivity contribution in [1.29, 1.82) is 0 Å². The average Bonchev–Trinajstić information content (AvgIpc) is 2.77. The van der Waals surface area contributed by atoms with Crippen LogP contribution >= 0.6 is 15.9 Å². The van der Waals surface area contributed by atoms with Crippen LogP contribution < -0.4 is 0 Å². The van der Waals surface area contributed by atoms with Crippen LogP contribution in [0.1, 0.15) is 22.6 Å². The van der Waals surface area contributed by atoms with E-state index in [1.807, 2.05) is 0 Å². The number of halogens is 2. The molecule has 19 heavy (non-hydrogen) atoms. The van der Waals surface area contributed by atoms with Crippen molar-refractivity contribution in [2.24, 2.45) is 0 Å². The quantitative estimate of drug-likeness (QED) is 0.627. The van der Waals surface area contributed by atoms with Crippen LogP contribution in [0.3, 0.4) is 0 Å². The van der Waals surface area contributed by atoms with E-state index < -0.39 is 0 Å². The van der Waals surface area contributed by atoms with Gasteiger partial charge in [-0.15, -0.1) is 11.7 Å². The van der Waals surface area contributed by atoms with Gasteiger partial charge in [-0.25, -0.2) is 9.07 Å². The Morgan fingerprint density at radius 2 is 2.11 bits per heavy atom. The van der Waals surface area contributed by atoms with E-state index in [9.17, 15) is 9.18 Å². The van der Waals surface area contributed by atoms with Gasteiger partial charge in [0.05, 0.1) is 0 Å². The van der Waals surface area contributed by atoms with Crippen molar-refractivity contribution < 1.29 is 9.18 Å². The zero-order valence-corrected chi connectivity index (χ0v) is 11.6. The number of aryl methyl sites for hydroxylation is 1. The number of hydrogen-bond acceptors (Lipinski definition) is 3. The summed E-state index contributed by atoms with van der Waals surface area (Å²) in [6.07, 6.45) is 2.42. The maximum Gasteiger partial charge on any atom is 0.230 e. The lowest BCUT2D eigenvalue weighted by atomic mass is 10.1. The van der Waals surface area contributed by atoms with Gasteiger partial charge >= 0.3 is 0 Å². The van der Waals surface area contributed by atoms with Gasteiger partial charge in [0.2, 0.25) is 16.3 Å². The summed E-state index contributed by atoms with van der Waals surface area (Å²) >= 11 is 3.15. The molecule has 0 radical (unpaired) electrons. The summed E-state index contributed by atoms with van der Waals surface area (Å²) in [5, 5.41) is 4.09. The molecular formula is C13H11BrFN3O. The van der Waals surface area contributed by atoms with Crippen molar-refractivity contribution in [2.75, 3.05) is 0 Å². The second kappa shape index (κ2) is 5.88. The lowest BCUT2D eigenvalue weighted by Gasteiger charge is -2.03. The number of ketones is 1. The van der Waals surface area contributed by atoms with Gasteiger partial charge in [-0.05, 0) is 46.6 Å². The average molecular weight is 324 g/mol. The number of benzene rings is 1. The van der Waals surface area contributed by atoms with Gasteiger partial charge in [0.1, 0.15) is 5.82 Å². The van der Waals surface area contributed by atoms with Gasteiger partial charge in [-0.1, -0.05) is 6.08 Å². The molecule has 4 nitrogen and oxygen atoms in total. The number of hydrogen-bond donors (Lipinski definition) is 0. The van der Waals surface area contributed by atoms with Crippen LogP contribution in [0.2, 0.25) is 0 Å². The van der Waals surface area contributed by atoms with E-state index in [1.165, 1.54) is 28.9 Å². The minimum absolute atomic E-state index is 0.223. The summed E-state index contributed by atoms with van der Waals surface area (Å²) in [6, 6.07) is 5.34. The molecule has 1 aromatic heterocycles. The van der Waals surface area contributed by atoms with E-state index in [0.717, 1.165) is 0 Å². The third kappa shape index (κ3) is 3.14. The maximum atomic E-state index is 12.8. The summed E-state index contributed by atoms with van der Waals surface area (Å²) in [7, 11) is 0. The molecule has 0 amide bonds. The summed E-state index contributed by atoms with van der Waals surface area (Å²) in [6.45, 7) is 4.14. The van der Waals surface area contributed by atoms with Gasteiger partial charge < -0.3 is 0 Å². The van der Waals surface area contributed by atoms with Crippen molar-refractivity contribution in [2.45, 2.75) is 13.0 Å². The zero-order valence-electron chi connectivity index (χ0n) is 10.0. The van der Waals surface area contributed by atoms with Crippen LogP contribution in [0, 0.1) is 5.82 Å². The summed E-state index contributed by atoms with van der Waals surface area (Å²) in [5.74, 6) is -0.451. The van der Waals surface area contributed by atoms with Crippen molar-refractivity contribution in [1.82, 2.24) is 14.8 Å². The number of allylic oxidation sites excluding steroid dienone is 1. The van der Waals surface area contributed by atoms with Crippen LogP contribution in [0.4, 0.5) is 4.39 Å². The first-order valence-electron chi connectivity index (χ1n) is 5.63. The Balaban J connectivity index is 2.32. The topological polar surface area (TPSA) is 47.8 Å². The molecule has 2 rings (SSSR count). The van der Waals surface area contributed by atoms with E-state index >= 15 is 0 Å². The van der Waals surface area contributed by atoms with Gasteiger partial charge in [-0.2, -0.15) is 4.98 Å². The molecule has 0 aliphatic rings. The fourth-order valence-electron chi connectivity index (χ4n) is 1.58. The Bertz CT molecular complexity index is 607. The van der Waals surface area contributed by atoms with Crippen molar-refractivity contribution >= 4 is 21.7 Å². The molecule has 0 saturated carbocycles. The zero-order chi connectivity index (χ0) is 13.8. The molecule has 0 unspecified atom stereocenters. The predicted molar refractivity (Wildman–Crippen MR) is 72.4 cm³/mol. The number of carbonyl (C=O) groups is 1. The van der Waals surface area contributed by atoms with E-state index in [4.69, 9.17) is 0 Å². The molecule has 0 bridgehead atoms. The highest BCUT2D eigenvalue weighted by molar-refractivity contribution is 9.10. The van der Waals surface area contributed by atoms with E-state index in [-0.39, 0.29) is 17.4 Å². The molecule has 0 aliphatic carbocycles. The highest BCUT2D eigenvalue weighted by atomic mass is 79.9. The van der Waals surface area contributed by atoms with Gasteiger partial charge in [0.25, 0.3) is 0 Å². The fraction of sp³-hybridized carbons (Fsp3) is 0.154. The number of rotatable bonds is 5. The number of nitrogens with zero attached hydrogens (tertiary/aromatic N) is 3. The number of carbonyl (C=O) groups excluding carboxylic acids is 1. The molecule has 0 saturated heterocycles. The Morgan fingerprint density at radius 1 is 1.42 bits per heavy atom. The van der Waals surface area contributed by atoms with Gasteiger partial charge in [0.15, 0.2) is 0 Å². The third-order valence-electron chi connectivity index (χ3n) is 2.50. The lowest BCUT2D eigenvalue weighted by Crippen LogP contribution is -2.12. The molecule has 2 aromatic rings. The number of aromatic nitrogens is 3. The smallest absolute Gasteiger partial charge is 0.230 e. The largest absolute Gasteiger partial charge is 0.285 e. The minimum Gasteiger partial charge on any atom is -0.285 e. The van der Waals surface area contributed by atoms with Crippen LogP contribution in [0.25, 0.3) is 0 Å². The Hall–Kier alpha value is -1.82. The molecule has 0 spiro atoms. The first-order chi connectivity index (χ1) is 9.11. The molecule has 0 N–H and O–H groups in total. The molecule has 1 aromatic carbocycles. The standard InChI is InChI=1S/C13H11BrFN3O/c1-2-3-8-18-12(16-13(14)17-18)11(19)9-4-6-10(15)7-5-9/h2,4-7H,1,3,8H2.